The second-order valence-electron chi connectivity index (χ2n) is 3.68. The van der Waals surface area contributed by atoms with Gasteiger partial charge in [0.05, 0.1) is 6.54 Å². The third-order valence-corrected chi connectivity index (χ3v) is 2.27. The van der Waals surface area contributed by atoms with E-state index in [1.54, 1.807) is 0 Å². The van der Waals surface area contributed by atoms with Gasteiger partial charge in [-0.25, -0.2) is 4.39 Å². The number of aliphatic hydroxyl groups excluding tert-OH is 1. The van der Waals surface area contributed by atoms with Crippen LogP contribution in [0.4, 0.5) is 17.6 Å². The first kappa shape index (κ1) is 14.4. The van der Waals surface area contributed by atoms with Gasteiger partial charge in [0.2, 0.25) is 6.41 Å². The van der Waals surface area contributed by atoms with Crippen molar-refractivity contribution in [3.05, 3.63) is 35.6 Å². The predicted octanol–water partition coefficient (Wildman–Crippen LogP) is 1.71. The van der Waals surface area contributed by atoms with Gasteiger partial charge in [0.25, 0.3) is 0 Å². The second kappa shape index (κ2) is 5.81. The molecular formula is C11H11F4NO2. The van der Waals surface area contributed by atoms with Crippen LogP contribution in [0.1, 0.15) is 5.56 Å². The molecule has 1 unspecified atom stereocenters. The van der Waals surface area contributed by atoms with E-state index in [1.807, 2.05) is 0 Å². The van der Waals surface area contributed by atoms with E-state index in [0.717, 1.165) is 6.07 Å². The summed E-state index contributed by atoms with van der Waals surface area (Å²) in [4.78, 5) is 11.3. The maximum atomic E-state index is 13.2. The minimum Gasteiger partial charge on any atom is -0.382 e. The standard InChI is InChI=1S/C11H11F4NO2/c12-9-4-2-1-3-8(9)5-16(7-17)6-10(18)11(13,14)15/h1-4,7,10,18H,5-6H2. The Hall–Kier alpha value is -1.63. The van der Waals surface area contributed by atoms with Gasteiger partial charge in [-0.15, -0.1) is 0 Å². The van der Waals surface area contributed by atoms with Crippen LogP contribution in [-0.4, -0.2) is 35.2 Å². The molecule has 0 aliphatic rings. The Morgan fingerprint density at radius 2 is 1.94 bits per heavy atom. The number of halogens is 4. The lowest BCUT2D eigenvalue weighted by Crippen LogP contribution is -2.40. The molecular weight excluding hydrogens is 254 g/mol. The van der Waals surface area contributed by atoms with Gasteiger partial charge < -0.3 is 10.0 Å². The molecule has 0 spiro atoms. The van der Waals surface area contributed by atoms with Crippen LogP contribution in [0.3, 0.4) is 0 Å². The van der Waals surface area contributed by atoms with Crippen LogP contribution in [-0.2, 0) is 11.3 Å². The fourth-order valence-electron chi connectivity index (χ4n) is 1.32. The van der Waals surface area contributed by atoms with Crippen LogP contribution >= 0.6 is 0 Å². The summed E-state index contributed by atoms with van der Waals surface area (Å²) in [5, 5.41) is 8.82. The quantitative estimate of drug-likeness (QED) is 0.650. The first-order valence-corrected chi connectivity index (χ1v) is 5.02. The maximum absolute atomic E-state index is 13.2. The highest BCUT2D eigenvalue weighted by atomic mass is 19.4. The van der Waals surface area contributed by atoms with E-state index < -0.39 is 24.6 Å². The number of carbonyl (C=O) groups excluding carboxylic acids is 1. The fraction of sp³-hybridized carbons (Fsp3) is 0.364. The van der Waals surface area contributed by atoms with Crippen LogP contribution in [0, 0.1) is 5.82 Å². The topological polar surface area (TPSA) is 40.5 Å². The zero-order valence-electron chi connectivity index (χ0n) is 9.19. The van der Waals surface area contributed by atoms with Gasteiger partial charge in [-0.2, -0.15) is 13.2 Å². The molecule has 1 aromatic carbocycles. The Balaban J connectivity index is 2.69. The molecule has 0 saturated carbocycles. The van der Waals surface area contributed by atoms with E-state index in [-0.39, 0.29) is 18.5 Å². The van der Waals surface area contributed by atoms with E-state index in [1.165, 1.54) is 18.2 Å². The van der Waals surface area contributed by atoms with Crippen LogP contribution in [0.25, 0.3) is 0 Å². The van der Waals surface area contributed by atoms with Crippen molar-refractivity contribution < 1.29 is 27.5 Å². The molecule has 0 heterocycles. The van der Waals surface area contributed by atoms with Crippen LogP contribution in [0.2, 0.25) is 0 Å². The minimum atomic E-state index is -4.81. The molecule has 1 atom stereocenters. The third-order valence-electron chi connectivity index (χ3n) is 2.27. The molecule has 18 heavy (non-hydrogen) atoms. The van der Waals surface area contributed by atoms with E-state index in [2.05, 4.69) is 0 Å². The molecule has 1 rings (SSSR count). The largest absolute Gasteiger partial charge is 0.416 e. The average Bonchev–Trinajstić information content (AvgIpc) is 2.29. The molecule has 0 saturated heterocycles. The lowest BCUT2D eigenvalue weighted by atomic mass is 10.2. The Morgan fingerprint density at radius 1 is 1.33 bits per heavy atom. The summed E-state index contributed by atoms with van der Waals surface area (Å²) >= 11 is 0. The van der Waals surface area contributed by atoms with Crippen molar-refractivity contribution in [1.29, 1.82) is 0 Å². The Labute approximate surface area is 101 Å². The van der Waals surface area contributed by atoms with Crippen molar-refractivity contribution in [2.75, 3.05) is 6.54 Å². The summed E-state index contributed by atoms with van der Waals surface area (Å²) in [7, 11) is 0. The van der Waals surface area contributed by atoms with Crippen molar-refractivity contribution in [3.63, 3.8) is 0 Å². The highest BCUT2D eigenvalue weighted by molar-refractivity contribution is 5.47. The van der Waals surface area contributed by atoms with E-state index in [4.69, 9.17) is 5.11 Å². The number of hydrogen-bond acceptors (Lipinski definition) is 2. The fourth-order valence-corrected chi connectivity index (χ4v) is 1.32. The van der Waals surface area contributed by atoms with E-state index in [0.29, 0.717) is 4.90 Å². The van der Waals surface area contributed by atoms with Crippen molar-refractivity contribution >= 4 is 6.41 Å². The molecule has 0 radical (unpaired) electrons. The predicted molar refractivity (Wildman–Crippen MR) is 54.9 cm³/mol. The Kier molecular flexibility index (Phi) is 4.66. The number of alkyl halides is 3. The highest BCUT2D eigenvalue weighted by Gasteiger charge is 2.39. The molecule has 0 bridgehead atoms. The number of aliphatic hydroxyl groups is 1. The third kappa shape index (κ3) is 3.99. The molecule has 1 amide bonds. The maximum Gasteiger partial charge on any atom is 0.416 e. The van der Waals surface area contributed by atoms with Gasteiger partial charge in [0.15, 0.2) is 6.10 Å². The van der Waals surface area contributed by atoms with E-state index in [9.17, 15) is 22.4 Å². The SMILES string of the molecule is O=CN(Cc1ccccc1F)CC(O)C(F)(F)F. The normalized spacial score (nSPS) is 13.2. The monoisotopic (exact) mass is 265 g/mol. The van der Waals surface area contributed by atoms with E-state index >= 15 is 0 Å². The van der Waals surface area contributed by atoms with Crippen molar-refractivity contribution in [3.8, 4) is 0 Å². The molecule has 0 fully saturated rings. The lowest BCUT2D eigenvalue weighted by molar-refractivity contribution is -0.207. The molecule has 0 aliphatic heterocycles. The van der Waals surface area contributed by atoms with Crippen molar-refractivity contribution in [2.24, 2.45) is 0 Å². The highest BCUT2D eigenvalue weighted by Crippen LogP contribution is 2.21. The lowest BCUT2D eigenvalue weighted by Gasteiger charge is -2.22. The van der Waals surface area contributed by atoms with Crippen molar-refractivity contribution in [2.45, 2.75) is 18.8 Å². The molecule has 3 nitrogen and oxygen atoms in total. The number of amides is 1. The van der Waals surface area contributed by atoms with Gasteiger partial charge in [-0.1, -0.05) is 18.2 Å². The number of benzene rings is 1. The van der Waals surface area contributed by atoms with Crippen LogP contribution in [0.5, 0.6) is 0 Å². The van der Waals surface area contributed by atoms with Crippen molar-refractivity contribution in [1.82, 2.24) is 4.90 Å². The number of hydrogen-bond donors (Lipinski definition) is 1. The van der Waals surface area contributed by atoms with Gasteiger partial charge in [0, 0.05) is 12.1 Å². The van der Waals surface area contributed by atoms with Crippen LogP contribution in [0.15, 0.2) is 24.3 Å². The zero-order valence-corrected chi connectivity index (χ0v) is 9.19. The van der Waals surface area contributed by atoms with Crippen LogP contribution < -0.4 is 0 Å². The second-order valence-corrected chi connectivity index (χ2v) is 3.68. The summed E-state index contributed by atoms with van der Waals surface area (Å²) in [6, 6.07) is 5.42. The molecule has 1 aromatic rings. The summed E-state index contributed by atoms with van der Waals surface area (Å²) in [5.74, 6) is -0.620. The molecule has 100 valence electrons. The minimum absolute atomic E-state index is 0.0824. The Morgan fingerprint density at radius 3 is 2.44 bits per heavy atom. The molecule has 7 heteroatoms. The Bertz CT molecular complexity index is 408. The smallest absolute Gasteiger partial charge is 0.382 e. The first-order valence-electron chi connectivity index (χ1n) is 5.02. The van der Waals surface area contributed by atoms with Gasteiger partial charge in [-0.05, 0) is 6.07 Å². The molecule has 0 aromatic heterocycles. The molecule has 0 aliphatic carbocycles. The van der Waals surface area contributed by atoms with Gasteiger partial charge in [0.1, 0.15) is 5.82 Å². The molecule has 1 N–H and O–H groups in total. The summed E-state index contributed by atoms with van der Waals surface area (Å²) in [6.45, 7) is -1.26. The zero-order chi connectivity index (χ0) is 13.8. The number of rotatable bonds is 5. The summed E-state index contributed by atoms with van der Waals surface area (Å²) in [5.41, 5.74) is 0.0824. The average molecular weight is 265 g/mol. The summed E-state index contributed by atoms with van der Waals surface area (Å²) < 4.78 is 49.5. The number of carbonyl (C=O) groups is 1. The van der Waals surface area contributed by atoms with Gasteiger partial charge >= 0.3 is 6.18 Å². The summed E-state index contributed by atoms with van der Waals surface area (Å²) in [6.07, 6.45) is -7.31. The number of nitrogens with zero attached hydrogens (tertiary/aromatic N) is 1. The van der Waals surface area contributed by atoms with Gasteiger partial charge in [-0.3, -0.25) is 4.79 Å². The first-order chi connectivity index (χ1) is 8.34.